The molecule has 0 aromatic heterocycles. The number of rotatable bonds is 3. The van der Waals surface area contributed by atoms with E-state index in [2.05, 4.69) is 13.8 Å². The second-order valence-corrected chi connectivity index (χ2v) is 10.8. The van der Waals surface area contributed by atoms with Gasteiger partial charge in [-0.05, 0) is 62.7 Å². The number of fused-ring (bicyclic) bond motifs is 5. The maximum atomic E-state index is 11.7. The van der Waals surface area contributed by atoms with Gasteiger partial charge < -0.3 is 19.3 Å². The summed E-state index contributed by atoms with van der Waals surface area (Å²) in [4.78, 5) is 23.2. The molecule has 30 heavy (non-hydrogen) atoms. The average molecular weight is 423 g/mol. The highest BCUT2D eigenvalue weighted by Gasteiger charge is 2.68. The van der Waals surface area contributed by atoms with Crippen LogP contribution in [0.2, 0.25) is 0 Å². The standard InChI is InChI=1S/C24H38O6/c1-14(25)29-16-8-11-23(4)19-9-10-22(3)18(6-7-21(22)30-15(2)26)17(19)12-20(27)24(23,13-16)28-5/h16-21,27H,6-13H2,1-5H3/t16-,17?,18?,19?,20+,21-,22-,23+,24-/m0/s1. The van der Waals surface area contributed by atoms with E-state index in [1.165, 1.54) is 13.8 Å². The van der Waals surface area contributed by atoms with Gasteiger partial charge in [0.05, 0.1) is 6.10 Å². The molecule has 3 unspecified atom stereocenters. The van der Waals surface area contributed by atoms with Gasteiger partial charge in [-0.25, -0.2) is 0 Å². The molecular formula is C24H38O6. The molecule has 0 spiro atoms. The molecule has 4 saturated carbocycles. The van der Waals surface area contributed by atoms with Crippen molar-refractivity contribution in [2.75, 3.05) is 7.11 Å². The number of carbonyl (C=O) groups excluding carboxylic acids is 2. The number of esters is 2. The molecule has 1 N–H and O–H groups in total. The van der Waals surface area contributed by atoms with Crippen molar-refractivity contribution in [3.8, 4) is 0 Å². The third-order valence-corrected chi connectivity index (χ3v) is 9.69. The molecule has 6 nitrogen and oxygen atoms in total. The Morgan fingerprint density at radius 3 is 2.27 bits per heavy atom. The normalized spacial score (nSPS) is 50.1. The van der Waals surface area contributed by atoms with E-state index in [0.29, 0.717) is 30.6 Å². The van der Waals surface area contributed by atoms with Crippen molar-refractivity contribution in [3.63, 3.8) is 0 Å². The molecule has 170 valence electrons. The van der Waals surface area contributed by atoms with Crippen molar-refractivity contribution in [3.05, 3.63) is 0 Å². The van der Waals surface area contributed by atoms with Gasteiger partial charge in [0.25, 0.3) is 0 Å². The fourth-order valence-electron chi connectivity index (χ4n) is 8.35. The number of hydrogen-bond donors (Lipinski definition) is 1. The number of carbonyl (C=O) groups is 2. The lowest BCUT2D eigenvalue weighted by Gasteiger charge is -2.66. The van der Waals surface area contributed by atoms with Gasteiger partial charge in [-0.15, -0.1) is 0 Å². The zero-order chi connectivity index (χ0) is 21.9. The summed E-state index contributed by atoms with van der Waals surface area (Å²) in [6, 6.07) is 0. The first-order valence-corrected chi connectivity index (χ1v) is 11.6. The molecule has 6 heteroatoms. The molecule has 0 aliphatic heterocycles. The van der Waals surface area contributed by atoms with Crippen molar-refractivity contribution in [1.29, 1.82) is 0 Å². The van der Waals surface area contributed by atoms with Gasteiger partial charge in [-0.2, -0.15) is 0 Å². The molecule has 0 aromatic carbocycles. The summed E-state index contributed by atoms with van der Waals surface area (Å²) >= 11 is 0. The van der Waals surface area contributed by atoms with Gasteiger partial charge in [-0.1, -0.05) is 13.8 Å². The predicted molar refractivity (Wildman–Crippen MR) is 110 cm³/mol. The van der Waals surface area contributed by atoms with Crippen molar-refractivity contribution in [2.24, 2.45) is 28.6 Å². The topological polar surface area (TPSA) is 82.1 Å². The Kier molecular flexibility index (Phi) is 5.50. The van der Waals surface area contributed by atoms with E-state index in [4.69, 9.17) is 14.2 Å². The Balaban J connectivity index is 1.63. The zero-order valence-electron chi connectivity index (χ0n) is 19.1. The molecule has 9 atom stereocenters. The third kappa shape index (κ3) is 3.04. The van der Waals surface area contributed by atoms with Crippen molar-refractivity contribution < 1.29 is 28.9 Å². The van der Waals surface area contributed by atoms with Crippen LogP contribution in [0.4, 0.5) is 0 Å². The zero-order valence-corrected chi connectivity index (χ0v) is 19.1. The van der Waals surface area contributed by atoms with Crippen LogP contribution in [0.1, 0.15) is 79.1 Å². The molecule has 0 saturated heterocycles. The molecule has 4 rings (SSSR count). The largest absolute Gasteiger partial charge is 0.462 e. The Labute approximate surface area is 180 Å². The number of methoxy groups -OCH3 is 1. The molecular weight excluding hydrogens is 384 g/mol. The Morgan fingerprint density at radius 2 is 1.63 bits per heavy atom. The summed E-state index contributed by atoms with van der Waals surface area (Å²) in [6.45, 7) is 7.53. The summed E-state index contributed by atoms with van der Waals surface area (Å²) in [5.41, 5.74) is -0.860. The van der Waals surface area contributed by atoms with E-state index in [1.54, 1.807) is 7.11 Å². The third-order valence-electron chi connectivity index (χ3n) is 9.69. The lowest BCUT2D eigenvalue weighted by atomic mass is 9.42. The number of aliphatic hydroxyl groups excluding tert-OH is 1. The van der Waals surface area contributed by atoms with Gasteiger partial charge in [0, 0.05) is 38.2 Å². The molecule has 0 amide bonds. The highest BCUT2D eigenvalue weighted by atomic mass is 16.6. The number of ether oxygens (including phenoxy) is 3. The van der Waals surface area contributed by atoms with Crippen LogP contribution in [0.3, 0.4) is 0 Å². The first-order chi connectivity index (χ1) is 14.1. The monoisotopic (exact) mass is 422 g/mol. The second kappa shape index (κ2) is 7.47. The van der Waals surface area contributed by atoms with Crippen LogP contribution >= 0.6 is 0 Å². The minimum absolute atomic E-state index is 0.00900. The highest BCUT2D eigenvalue weighted by molar-refractivity contribution is 5.66. The number of hydrogen-bond acceptors (Lipinski definition) is 6. The van der Waals surface area contributed by atoms with Crippen LogP contribution in [-0.2, 0) is 23.8 Å². The Hall–Kier alpha value is -1.14. The molecule has 4 aliphatic rings. The summed E-state index contributed by atoms with van der Waals surface area (Å²) in [5.74, 6) is 0.843. The van der Waals surface area contributed by atoms with Gasteiger partial charge in [0.2, 0.25) is 0 Å². The van der Waals surface area contributed by atoms with Crippen LogP contribution < -0.4 is 0 Å². The van der Waals surface area contributed by atoms with Gasteiger partial charge in [0.15, 0.2) is 0 Å². The molecule has 0 heterocycles. The average Bonchev–Trinajstić information content (AvgIpc) is 2.98. The van der Waals surface area contributed by atoms with Crippen LogP contribution in [0.5, 0.6) is 0 Å². The van der Waals surface area contributed by atoms with E-state index in [1.807, 2.05) is 0 Å². The van der Waals surface area contributed by atoms with E-state index in [9.17, 15) is 14.7 Å². The van der Waals surface area contributed by atoms with Crippen LogP contribution in [-0.4, -0.2) is 48.1 Å². The number of aliphatic hydroxyl groups is 1. The molecule has 0 bridgehead atoms. The summed E-state index contributed by atoms with van der Waals surface area (Å²) < 4.78 is 17.5. The minimum atomic E-state index is -0.686. The van der Waals surface area contributed by atoms with Crippen LogP contribution in [0.15, 0.2) is 0 Å². The van der Waals surface area contributed by atoms with Crippen molar-refractivity contribution >= 4 is 11.9 Å². The minimum Gasteiger partial charge on any atom is -0.462 e. The van der Waals surface area contributed by atoms with E-state index < -0.39 is 11.7 Å². The van der Waals surface area contributed by atoms with E-state index in [-0.39, 0.29) is 35.0 Å². The summed E-state index contributed by atoms with van der Waals surface area (Å²) in [5, 5.41) is 11.5. The Morgan fingerprint density at radius 1 is 0.933 bits per heavy atom. The van der Waals surface area contributed by atoms with E-state index in [0.717, 1.165) is 38.5 Å². The first kappa shape index (κ1) is 22.1. The van der Waals surface area contributed by atoms with Gasteiger partial charge in [-0.3, -0.25) is 9.59 Å². The lowest BCUT2D eigenvalue weighted by molar-refractivity contribution is -0.277. The van der Waals surface area contributed by atoms with Crippen LogP contribution in [0, 0.1) is 28.6 Å². The van der Waals surface area contributed by atoms with Gasteiger partial charge in [0.1, 0.15) is 17.8 Å². The van der Waals surface area contributed by atoms with Crippen molar-refractivity contribution in [1.82, 2.24) is 0 Å². The molecule has 0 radical (unpaired) electrons. The predicted octanol–water partition coefficient (Wildman–Crippen LogP) is 3.63. The fourth-order valence-corrected chi connectivity index (χ4v) is 8.35. The van der Waals surface area contributed by atoms with Gasteiger partial charge >= 0.3 is 11.9 Å². The SMILES string of the molecule is CO[C@]12C[C@@H](OC(C)=O)CC[C@]1(C)C1CC[C@@]3(C)C(CC[C@@H]3OC(C)=O)C1C[C@H]2O. The highest BCUT2D eigenvalue weighted by Crippen LogP contribution is 2.68. The lowest BCUT2D eigenvalue weighted by Crippen LogP contribution is -2.69. The molecule has 4 fully saturated rings. The Bertz CT molecular complexity index is 708. The maximum absolute atomic E-state index is 11.7. The first-order valence-electron chi connectivity index (χ1n) is 11.6. The summed E-state index contributed by atoms with van der Waals surface area (Å²) in [6.07, 6.45) is 6.21. The maximum Gasteiger partial charge on any atom is 0.302 e. The second-order valence-electron chi connectivity index (χ2n) is 10.8. The molecule has 0 aromatic rings. The van der Waals surface area contributed by atoms with Crippen LogP contribution in [0.25, 0.3) is 0 Å². The smallest absolute Gasteiger partial charge is 0.302 e. The quantitative estimate of drug-likeness (QED) is 0.700. The molecule has 4 aliphatic carbocycles. The summed E-state index contributed by atoms with van der Waals surface area (Å²) in [7, 11) is 1.71. The van der Waals surface area contributed by atoms with Crippen molar-refractivity contribution in [2.45, 2.75) is 103 Å². The van der Waals surface area contributed by atoms with E-state index >= 15 is 0 Å². The fraction of sp³-hybridized carbons (Fsp3) is 0.917.